The largest absolute Gasteiger partial charge is 0.339 e. The summed E-state index contributed by atoms with van der Waals surface area (Å²) in [5, 5.41) is 0. The van der Waals surface area contributed by atoms with Crippen molar-refractivity contribution in [2.45, 2.75) is 32.6 Å². The summed E-state index contributed by atoms with van der Waals surface area (Å²) in [5.41, 5.74) is 2.43. The molecule has 1 N–H and O–H groups in total. The van der Waals surface area contributed by atoms with Gasteiger partial charge in [0.05, 0.1) is 4.90 Å². The highest BCUT2D eigenvalue weighted by atomic mass is 32.2. The lowest BCUT2D eigenvalue weighted by Gasteiger charge is -2.19. The number of hydrogen-bond donors (Lipinski definition) is 1. The van der Waals surface area contributed by atoms with E-state index >= 15 is 0 Å². The van der Waals surface area contributed by atoms with Gasteiger partial charge in [-0.1, -0.05) is 18.2 Å². The van der Waals surface area contributed by atoms with Gasteiger partial charge in [0.15, 0.2) is 0 Å². The van der Waals surface area contributed by atoms with Crippen molar-refractivity contribution in [1.82, 2.24) is 4.90 Å². The van der Waals surface area contributed by atoms with Crippen LogP contribution in [-0.2, 0) is 10.0 Å². The van der Waals surface area contributed by atoms with Gasteiger partial charge >= 0.3 is 0 Å². The number of nitrogens with one attached hydrogen (secondary N) is 1. The average molecular weight is 360 g/mol. The van der Waals surface area contributed by atoms with Crippen molar-refractivity contribution in [3.05, 3.63) is 59.2 Å². The number of nitrogens with zero attached hydrogens (tertiary/aromatic N) is 1. The van der Waals surface area contributed by atoms with Gasteiger partial charge in [-0.05, 0) is 63.1 Å². The number of aryl methyl sites for hydroxylation is 2. The molecular formula is C19H24N2O3S. The Morgan fingerprint density at radius 2 is 1.72 bits per heavy atom. The standard InChI is InChI=1S/C19H24N2O3S/c1-5-21(6-2)19(22)16-11-10-15(4)18(13-16)25(23,24)20-17-9-7-8-14(3)12-17/h7-13,20H,5-6H2,1-4H3. The Bertz CT molecular complexity index is 872. The van der Waals surface area contributed by atoms with Crippen LogP contribution in [-0.4, -0.2) is 32.3 Å². The maximum Gasteiger partial charge on any atom is 0.262 e. The normalized spacial score (nSPS) is 11.2. The number of carbonyl (C=O) groups is 1. The van der Waals surface area contributed by atoms with E-state index in [2.05, 4.69) is 4.72 Å². The van der Waals surface area contributed by atoms with E-state index in [4.69, 9.17) is 0 Å². The molecule has 134 valence electrons. The highest BCUT2D eigenvalue weighted by molar-refractivity contribution is 7.92. The number of rotatable bonds is 6. The van der Waals surface area contributed by atoms with Gasteiger partial charge in [0, 0.05) is 24.3 Å². The molecule has 0 aliphatic heterocycles. The van der Waals surface area contributed by atoms with Gasteiger partial charge in [-0.15, -0.1) is 0 Å². The topological polar surface area (TPSA) is 66.5 Å². The minimum absolute atomic E-state index is 0.118. The Balaban J connectivity index is 2.40. The fourth-order valence-corrected chi connectivity index (χ4v) is 3.96. The van der Waals surface area contributed by atoms with Crippen LogP contribution in [0.25, 0.3) is 0 Å². The summed E-state index contributed by atoms with van der Waals surface area (Å²) in [6, 6.07) is 11.9. The molecule has 5 nitrogen and oxygen atoms in total. The monoisotopic (exact) mass is 360 g/mol. The molecule has 0 saturated carbocycles. The quantitative estimate of drug-likeness (QED) is 0.856. The summed E-state index contributed by atoms with van der Waals surface area (Å²) < 4.78 is 28.1. The smallest absolute Gasteiger partial charge is 0.262 e. The zero-order valence-corrected chi connectivity index (χ0v) is 15.9. The number of sulfonamides is 1. The molecule has 0 saturated heterocycles. The average Bonchev–Trinajstić information content (AvgIpc) is 2.55. The molecule has 2 rings (SSSR count). The summed E-state index contributed by atoms with van der Waals surface area (Å²) in [6.07, 6.45) is 0. The Hall–Kier alpha value is -2.34. The number of carbonyl (C=O) groups excluding carboxylic acids is 1. The lowest BCUT2D eigenvalue weighted by molar-refractivity contribution is 0.0772. The number of amides is 1. The van der Waals surface area contributed by atoms with Gasteiger partial charge in [0.1, 0.15) is 0 Å². The third-order valence-electron chi connectivity index (χ3n) is 4.05. The van der Waals surface area contributed by atoms with Crippen LogP contribution >= 0.6 is 0 Å². The van der Waals surface area contributed by atoms with Crippen LogP contribution in [0.4, 0.5) is 5.69 Å². The first-order valence-electron chi connectivity index (χ1n) is 8.28. The van der Waals surface area contributed by atoms with Crippen molar-refractivity contribution in [2.24, 2.45) is 0 Å². The van der Waals surface area contributed by atoms with Crippen LogP contribution in [0.3, 0.4) is 0 Å². The molecule has 0 aromatic heterocycles. The Kier molecular flexibility index (Phi) is 5.85. The predicted octanol–water partition coefficient (Wildman–Crippen LogP) is 3.59. The van der Waals surface area contributed by atoms with Crippen molar-refractivity contribution < 1.29 is 13.2 Å². The second kappa shape index (κ2) is 7.70. The van der Waals surface area contributed by atoms with E-state index in [1.54, 1.807) is 42.2 Å². The maximum atomic E-state index is 12.8. The molecule has 0 atom stereocenters. The van der Waals surface area contributed by atoms with E-state index in [0.717, 1.165) is 5.56 Å². The zero-order chi connectivity index (χ0) is 18.6. The SMILES string of the molecule is CCN(CC)C(=O)c1ccc(C)c(S(=O)(=O)Nc2cccc(C)c2)c1. The van der Waals surface area contributed by atoms with Crippen LogP contribution in [0, 0.1) is 13.8 Å². The summed E-state index contributed by atoms with van der Waals surface area (Å²) in [6.45, 7) is 8.56. The van der Waals surface area contributed by atoms with Gasteiger partial charge in [-0.25, -0.2) is 8.42 Å². The second-order valence-electron chi connectivity index (χ2n) is 5.93. The summed E-state index contributed by atoms with van der Waals surface area (Å²) in [4.78, 5) is 14.3. The molecule has 0 aliphatic carbocycles. The van der Waals surface area contributed by atoms with E-state index in [0.29, 0.717) is 29.9 Å². The third kappa shape index (κ3) is 4.39. The molecule has 0 radical (unpaired) electrons. The zero-order valence-electron chi connectivity index (χ0n) is 15.0. The Labute approximate surface area is 149 Å². The Morgan fingerprint density at radius 3 is 2.32 bits per heavy atom. The fourth-order valence-electron chi connectivity index (χ4n) is 2.63. The van der Waals surface area contributed by atoms with E-state index in [9.17, 15) is 13.2 Å². The molecule has 2 aromatic rings. The fraction of sp³-hybridized carbons (Fsp3) is 0.316. The van der Waals surface area contributed by atoms with Crippen molar-refractivity contribution in [3.8, 4) is 0 Å². The first-order chi connectivity index (χ1) is 11.8. The molecule has 0 fully saturated rings. The maximum absolute atomic E-state index is 12.8. The predicted molar refractivity (Wildman–Crippen MR) is 100 cm³/mol. The van der Waals surface area contributed by atoms with Crippen LogP contribution in [0.15, 0.2) is 47.4 Å². The molecule has 0 aliphatic rings. The summed E-state index contributed by atoms with van der Waals surface area (Å²) in [7, 11) is -3.78. The minimum Gasteiger partial charge on any atom is -0.339 e. The first-order valence-corrected chi connectivity index (χ1v) is 9.76. The number of anilines is 1. The summed E-state index contributed by atoms with van der Waals surface area (Å²) in [5.74, 6) is -0.169. The highest BCUT2D eigenvalue weighted by Crippen LogP contribution is 2.22. The van der Waals surface area contributed by atoms with Crippen molar-refractivity contribution >= 4 is 21.6 Å². The van der Waals surface area contributed by atoms with Crippen molar-refractivity contribution in [2.75, 3.05) is 17.8 Å². The van der Waals surface area contributed by atoms with Crippen LogP contribution < -0.4 is 4.72 Å². The van der Waals surface area contributed by atoms with E-state index in [1.165, 1.54) is 6.07 Å². The second-order valence-corrected chi connectivity index (χ2v) is 7.58. The summed E-state index contributed by atoms with van der Waals surface area (Å²) >= 11 is 0. The Morgan fingerprint density at radius 1 is 1.04 bits per heavy atom. The molecule has 25 heavy (non-hydrogen) atoms. The van der Waals surface area contributed by atoms with E-state index in [-0.39, 0.29) is 10.8 Å². The molecule has 0 spiro atoms. The van der Waals surface area contributed by atoms with Crippen molar-refractivity contribution in [3.63, 3.8) is 0 Å². The van der Waals surface area contributed by atoms with Crippen LogP contribution in [0.5, 0.6) is 0 Å². The number of hydrogen-bond acceptors (Lipinski definition) is 3. The van der Waals surface area contributed by atoms with Gasteiger partial charge in [-0.2, -0.15) is 0 Å². The van der Waals surface area contributed by atoms with Crippen LogP contribution in [0.2, 0.25) is 0 Å². The van der Waals surface area contributed by atoms with Gasteiger partial charge in [0.25, 0.3) is 15.9 Å². The minimum atomic E-state index is -3.78. The van der Waals surface area contributed by atoms with Crippen molar-refractivity contribution in [1.29, 1.82) is 0 Å². The molecule has 0 heterocycles. The molecule has 0 bridgehead atoms. The third-order valence-corrected chi connectivity index (χ3v) is 5.57. The lowest BCUT2D eigenvalue weighted by atomic mass is 10.1. The van der Waals surface area contributed by atoms with Crippen LogP contribution in [0.1, 0.15) is 35.3 Å². The van der Waals surface area contributed by atoms with Gasteiger partial charge in [-0.3, -0.25) is 9.52 Å². The first kappa shape index (κ1) is 19.0. The molecule has 0 unspecified atom stereocenters. The van der Waals surface area contributed by atoms with E-state index in [1.807, 2.05) is 26.8 Å². The number of benzene rings is 2. The van der Waals surface area contributed by atoms with Gasteiger partial charge < -0.3 is 4.90 Å². The molecule has 1 amide bonds. The van der Waals surface area contributed by atoms with Gasteiger partial charge in [0.2, 0.25) is 0 Å². The highest BCUT2D eigenvalue weighted by Gasteiger charge is 2.21. The lowest BCUT2D eigenvalue weighted by Crippen LogP contribution is -2.30. The molecular weight excluding hydrogens is 336 g/mol. The molecule has 6 heteroatoms. The molecule has 2 aromatic carbocycles. The van der Waals surface area contributed by atoms with E-state index < -0.39 is 10.0 Å².